The summed E-state index contributed by atoms with van der Waals surface area (Å²) in [5, 5.41) is 7.03. The maximum atomic E-state index is 13.6. The van der Waals surface area contributed by atoms with Gasteiger partial charge in [-0.25, -0.2) is 17.9 Å². The predicted molar refractivity (Wildman–Crippen MR) is 104 cm³/mol. The molecule has 5 nitrogen and oxygen atoms in total. The summed E-state index contributed by atoms with van der Waals surface area (Å²) in [7, 11) is 0. The Morgan fingerprint density at radius 2 is 1.79 bits per heavy atom. The third-order valence-electron chi connectivity index (χ3n) is 4.78. The van der Waals surface area contributed by atoms with E-state index in [4.69, 9.17) is 0 Å². The van der Waals surface area contributed by atoms with Crippen LogP contribution < -0.4 is 5.32 Å². The molecule has 2 unspecified atom stereocenters. The van der Waals surface area contributed by atoms with Gasteiger partial charge in [-0.3, -0.25) is 9.78 Å². The lowest BCUT2D eigenvalue weighted by Crippen LogP contribution is -2.28. The third kappa shape index (κ3) is 4.75. The number of alkyl halides is 3. The van der Waals surface area contributed by atoms with Crippen molar-refractivity contribution in [2.24, 2.45) is 0 Å². The first-order valence-corrected chi connectivity index (χ1v) is 9.40. The number of rotatable bonds is 7. The minimum Gasteiger partial charge on any atom is -0.348 e. The highest BCUT2D eigenvalue weighted by atomic mass is 19.3. The second-order valence-electron chi connectivity index (χ2n) is 7.33. The fraction of sp³-hybridized carbons (Fsp3) is 0.381. The van der Waals surface area contributed by atoms with Crippen LogP contribution in [-0.4, -0.2) is 27.1 Å². The molecule has 0 aliphatic carbocycles. The number of carbonyl (C=O) groups excluding carboxylic acids is 1. The number of pyridine rings is 1. The number of amides is 1. The number of benzene rings is 1. The van der Waals surface area contributed by atoms with Gasteiger partial charge in [-0.2, -0.15) is 5.10 Å². The molecule has 1 N–H and O–H groups in total. The van der Waals surface area contributed by atoms with Crippen LogP contribution in [-0.2, 0) is 11.2 Å². The largest absolute Gasteiger partial charge is 0.348 e. The van der Waals surface area contributed by atoms with Gasteiger partial charge in [0.05, 0.1) is 36.1 Å². The van der Waals surface area contributed by atoms with E-state index in [9.17, 15) is 18.0 Å². The summed E-state index contributed by atoms with van der Waals surface area (Å²) >= 11 is 0. The van der Waals surface area contributed by atoms with Gasteiger partial charge in [0.15, 0.2) is 0 Å². The Bertz CT molecular complexity index is 985. The summed E-state index contributed by atoms with van der Waals surface area (Å²) in [6.07, 6.45) is -2.87. The van der Waals surface area contributed by atoms with Crippen LogP contribution in [0.5, 0.6) is 0 Å². The van der Waals surface area contributed by atoms with Crippen LogP contribution >= 0.6 is 0 Å². The Kier molecular flexibility index (Phi) is 6.20. The van der Waals surface area contributed by atoms with Crippen LogP contribution in [0.2, 0.25) is 0 Å². The standard InChI is InChI=1S/C21H23F3N4O/c1-12(2)15-6-4-14(5-7-15)8-19(29)27-13(3)17-9-16-10-26-28(18(16)11-25-17)21(24)20(22)23/h4-7,9-13,20-21H,8H2,1-3H3,(H,27,29). The molecule has 154 valence electrons. The second-order valence-corrected chi connectivity index (χ2v) is 7.33. The molecule has 1 amide bonds. The van der Waals surface area contributed by atoms with Gasteiger partial charge in [0.1, 0.15) is 0 Å². The van der Waals surface area contributed by atoms with E-state index in [0.29, 0.717) is 21.7 Å². The van der Waals surface area contributed by atoms with Gasteiger partial charge in [0.25, 0.3) is 12.7 Å². The number of halogens is 3. The number of aromatic nitrogens is 3. The first kappa shape index (κ1) is 20.8. The van der Waals surface area contributed by atoms with E-state index in [1.807, 2.05) is 24.3 Å². The van der Waals surface area contributed by atoms with Gasteiger partial charge in [-0.15, -0.1) is 0 Å². The lowest BCUT2D eigenvalue weighted by Gasteiger charge is -2.14. The average Bonchev–Trinajstić information content (AvgIpc) is 3.10. The van der Waals surface area contributed by atoms with E-state index in [-0.39, 0.29) is 17.8 Å². The smallest absolute Gasteiger partial charge is 0.289 e. The molecule has 0 spiro atoms. The van der Waals surface area contributed by atoms with E-state index in [2.05, 4.69) is 29.2 Å². The lowest BCUT2D eigenvalue weighted by molar-refractivity contribution is -0.121. The lowest BCUT2D eigenvalue weighted by atomic mass is 10.0. The van der Waals surface area contributed by atoms with Crippen LogP contribution in [0.4, 0.5) is 13.2 Å². The highest BCUT2D eigenvalue weighted by molar-refractivity contribution is 5.80. The zero-order chi connectivity index (χ0) is 21.1. The molecule has 29 heavy (non-hydrogen) atoms. The van der Waals surface area contributed by atoms with Gasteiger partial charge in [-0.05, 0) is 30.0 Å². The van der Waals surface area contributed by atoms with E-state index in [0.717, 1.165) is 5.56 Å². The molecular formula is C21H23F3N4O. The molecule has 2 aromatic heterocycles. The molecule has 1 aromatic carbocycles. The number of fused-ring (bicyclic) bond motifs is 1. The summed E-state index contributed by atoms with van der Waals surface area (Å²) < 4.78 is 39.4. The van der Waals surface area contributed by atoms with Crippen LogP contribution in [0.15, 0.2) is 42.7 Å². The van der Waals surface area contributed by atoms with Gasteiger partial charge < -0.3 is 5.32 Å². The topological polar surface area (TPSA) is 59.8 Å². The van der Waals surface area contributed by atoms with Crippen molar-refractivity contribution < 1.29 is 18.0 Å². The molecule has 0 aliphatic rings. The van der Waals surface area contributed by atoms with E-state index in [1.165, 1.54) is 18.0 Å². The number of hydrogen-bond donors (Lipinski definition) is 1. The molecule has 3 aromatic rings. The van der Waals surface area contributed by atoms with Crippen molar-refractivity contribution in [3.63, 3.8) is 0 Å². The third-order valence-corrected chi connectivity index (χ3v) is 4.78. The van der Waals surface area contributed by atoms with Crippen molar-refractivity contribution in [2.45, 2.75) is 51.9 Å². The minimum absolute atomic E-state index is 0.158. The number of hydrogen-bond acceptors (Lipinski definition) is 3. The molecule has 0 bridgehead atoms. The number of carbonyl (C=O) groups is 1. The van der Waals surface area contributed by atoms with Crippen molar-refractivity contribution in [3.8, 4) is 0 Å². The van der Waals surface area contributed by atoms with Gasteiger partial charge >= 0.3 is 0 Å². The van der Waals surface area contributed by atoms with Gasteiger partial charge in [-0.1, -0.05) is 38.1 Å². The van der Waals surface area contributed by atoms with Gasteiger partial charge in [0, 0.05) is 5.39 Å². The molecule has 0 fully saturated rings. The molecule has 3 rings (SSSR count). The molecule has 0 radical (unpaired) electrons. The van der Waals surface area contributed by atoms with E-state index < -0.39 is 18.8 Å². The summed E-state index contributed by atoms with van der Waals surface area (Å²) in [4.78, 5) is 16.5. The molecule has 8 heteroatoms. The second kappa shape index (κ2) is 8.63. The predicted octanol–water partition coefficient (Wildman–Crippen LogP) is 4.71. The molecule has 0 aliphatic heterocycles. The van der Waals surface area contributed by atoms with Crippen molar-refractivity contribution in [1.82, 2.24) is 20.1 Å². The van der Waals surface area contributed by atoms with E-state index in [1.54, 1.807) is 13.0 Å². The van der Waals surface area contributed by atoms with Crippen molar-refractivity contribution in [1.29, 1.82) is 0 Å². The Hall–Kier alpha value is -2.90. The fourth-order valence-corrected chi connectivity index (χ4v) is 3.07. The molecule has 0 saturated carbocycles. The zero-order valence-electron chi connectivity index (χ0n) is 16.4. The van der Waals surface area contributed by atoms with Crippen LogP contribution in [0.1, 0.15) is 55.8 Å². The van der Waals surface area contributed by atoms with Crippen molar-refractivity contribution in [3.05, 3.63) is 59.5 Å². The molecular weight excluding hydrogens is 381 g/mol. The van der Waals surface area contributed by atoms with Crippen LogP contribution in [0.25, 0.3) is 10.9 Å². The maximum absolute atomic E-state index is 13.6. The van der Waals surface area contributed by atoms with Crippen molar-refractivity contribution in [2.75, 3.05) is 0 Å². The highest BCUT2D eigenvalue weighted by Crippen LogP contribution is 2.24. The first-order valence-electron chi connectivity index (χ1n) is 9.40. The normalized spacial score (nSPS) is 13.8. The van der Waals surface area contributed by atoms with Crippen LogP contribution in [0.3, 0.4) is 0 Å². The number of nitrogens with one attached hydrogen (secondary N) is 1. The monoisotopic (exact) mass is 404 g/mol. The number of nitrogens with zero attached hydrogens (tertiary/aromatic N) is 3. The molecule has 0 saturated heterocycles. The Balaban J connectivity index is 1.67. The Morgan fingerprint density at radius 1 is 1.10 bits per heavy atom. The van der Waals surface area contributed by atoms with Crippen LogP contribution in [0, 0.1) is 0 Å². The zero-order valence-corrected chi connectivity index (χ0v) is 16.4. The SMILES string of the molecule is CC(C)c1ccc(CC(=O)NC(C)c2cc3cnn(C(F)C(F)F)c3cn2)cc1. The molecule has 2 heterocycles. The van der Waals surface area contributed by atoms with E-state index >= 15 is 0 Å². The summed E-state index contributed by atoms with van der Waals surface area (Å²) in [6, 6.07) is 9.12. The summed E-state index contributed by atoms with van der Waals surface area (Å²) in [5.74, 6) is 0.269. The fourth-order valence-electron chi connectivity index (χ4n) is 3.07. The maximum Gasteiger partial charge on any atom is 0.289 e. The Morgan fingerprint density at radius 3 is 2.41 bits per heavy atom. The minimum atomic E-state index is -3.18. The van der Waals surface area contributed by atoms with Crippen molar-refractivity contribution >= 4 is 16.8 Å². The molecule has 2 atom stereocenters. The average molecular weight is 404 g/mol. The Labute approximate surface area is 166 Å². The summed E-state index contributed by atoms with van der Waals surface area (Å²) in [6.45, 7) is 5.99. The summed E-state index contributed by atoms with van der Waals surface area (Å²) in [5.41, 5.74) is 2.83. The van der Waals surface area contributed by atoms with Gasteiger partial charge in [0.2, 0.25) is 5.91 Å². The first-order chi connectivity index (χ1) is 13.8. The quantitative estimate of drug-likeness (QED) is 0.621. The highest BCUT2D eigenvalue weighted by Gasteiger charge is 2.24.